The van der Waals surface area contributed by atoms with Crippen LogP contribution < -0.4 is 15.0 Å². The van der Waals surface area contributed by atoms with Crippen LogP contribution in [-0.4, -0.2) is 71.8 Å². The molecule has 0 aliphatic carbocycles. The Morgan fingerprint density at radius 2 is 1.83 bits per heavy atom. The SMILES string of the molecule is COc1ccccc1-c1ccc(C(=O)NCc2nc3ccccc3s2)c(N2CCC(N3CCCC(CO)C3)CC2)n1. The summed E-state index contributed by atoms with van der Waals surface area (Å²) in [6.07, 6.45) is 4.27. The lowest BCUT2D eigenvalue weighted by molar-refractivity contribution is 0.0777. The molecule has 0 radical (unpaired) electrons. The highest BCUT2D eigenvalue weighted by Gasteiger charge is 2.30. The number of hydrogen-bond acceptors (Lipinski definition) is 8. The summed E-state index contributed by atoms with van der Waals surface area (Å²) in [7, 11) is 1.66. The van der Waals surface area contributed by atoms with Gasteiger partial charge in [0.25, 0.3) is 5.91 Å². The smallest absolute Gasteiger partial charge is 0.255 e. The number of aliphatic hydroxyl groups excluding tert-OH is 1. The number of fused-ring (bicyclic) bond motifs is 1. The molecule has 6 rings (SSSR count). The van der Waals surface area contributed by atoms with Gasteiger partial charge in [0.2, 0.25) is 0 Å². The van der Waals surface area contributed by atoms with Gasteiger partial charge in [-0.25, -0.2) is 9.97 Å². The summed E-state index contributed by atoms with van der Waals surface area (Å²) >= 11 is 1.60. The molecular weight excluding hydrogens is 534 g/mol. The number of likely N-dealkylation sites (tertiary alicyclic amines) is 1. The zero-order chi connectivity index (χ0) is 28.2. The minimum Gasteiger partial charge on any atom is -0.496 e. The number of methoxy groups -OCH3 is 1. The molecule has 1 atom stereocenters. The van der Waals surface area contributed by atoms with Crippen LogP contribution in [0.2, 0.25) is 0 Å². The first-order valence-electron chi connectivity index (χ1n) is 14.5. The van der Waals surface area contributed by atoms with Crippen molar-refractivity contribution in [1.82, 2.24) is 20.2 Å². The van der Waals surface area contributed by atoms with E-state index >= 15 is 0 Å². The zero-order valence-electron chi connectivity index (χ0n) is 23.5. The van der Waals surface area contributed by atoms with E-state index in [1.54, 1.807) is 18.4 Å². The van der Waals surface area contributed by atoms with Gasteiger partial charge in [0.1, 0.15) is 16.6 Å². The molecule has 2 aliphatic heterocycles. The van der Waals surface area contributed by atoms with Gasteiger partial charge in [-0.1, -0.05) is 24.3 Å². The number of nitrogens with zero attached hydrogens (tertiary/aromatic N) is 4. The van der Waals surface area contributed by atoms with Crippen molar-refractivity contribution < 1.29 is 14.6 Å². The normalized spacial score (nSPS) is 18.5. The van der Waals surface area contributed by atoms with E-state index < -0.39 is 0 Å². The number of hydrogen-bond donors (Lipinski definition) is 2. The average molecular weight is 572 g/mol. The second-order valence-electron chi connectivity index (χ2n) is 10.9. The maximum atomic E-state index is 13.6. The number of nitrogens with one attached hydrogen (secondary N) is 1. The van der Waals surface area contributed by atoms with Crippen LogP contribution in [0.3, 0.4) is 0 Å². The van der Waals surface area contributed by atoms with Gasteiger partial charge >= 0.3 is 0 Å². The van der Waals surface area contributed by atoms with Gasteiger partial charge in [0.15, 0.2) is 0 Å². The number of thiazole rings is 1. The average Bonchev–Trinajstić information content (AvgIpc) is 3.46. The Labute approximate surface area is 245 Å². The maximum Gasteiger partial charge on any atom is 0.255 e. The van der Waals surface area contributed by atoms with Crippen molar-refractivity contribution in [3.05, 3.63) is 71.2 Å². The van der Waals surface area contributed by atoms with Gasteiger partial charge in [-0.3, -0.25) is 9.69 Å². The molecule has 0 saturated carbocycles. The van der Waals surface area contributed by atoms with E-state index in [0.29, 0.717) is 29.9 Å². The Balaban J connectivity index is 1.23. The molecule has 2 saturated heterocycles. The molecule has 214 valence electrons. The van der Waals surface area contributed by atoms with Crippen molar-refractivity contribution >= 4 is 33.3 Å². The minimum absolute atomic E-state index is 0.151. The number of anilines is 1. The van der Waals surface area contributed by atoms with Crippen molar-refractivity contribution in [3.63, 3.8) is 0 Å². The number of aromatic nitrogens is 2. The Morgan fingerprint density at radius 1 is 1.02 bits per heavy atom. The predicted octanol–water partition coefficient (Wildman–Crippen LogP) is 4.97. The molecule has 8 nitrogen and oxygen atoms in total. The summed E-state index contributed by atoms with van der Waals surface area (Å²) in [6, 6.07) is 20.2. The molecule has 2 aliphatic rings. The number of para-hydroxylation sites is 2. The van der Waals surface area contributed by atoms with Crippen LogP contribution in [0.1, 0.15) is 41.0 Å². The number of ether oxygens (including phenoxy) is 1. The predicted molar refractivity (Wildman–Crippen MR) is 164 cm³/mol. The first kappa shape index (κ1) is 27.6. The van der Waals surface area contributed by atoms with Crippen LogP contribution in [0.4, 0.5) is 5.82 Å². The third-order valence-corrected chi connectivity index (χ3v) is 9.37. The summed E-state index contributed by atoms with van der Waals surface area (Å²) in [5, 5.41) is 13.7. The maximum absolute atomic E-state index is 13.6. The second-order valence-corrected chi connectivity index (χ2v) is 12.0. The third-order valence-electron chi connectivity index (χ3n) is 8.33. The summed E-state index contributed by atoms with van der Waals surface area (Å²) in [5.74, 6) is 1.69. The summed E-state index contributed by atoms with van der Waals surface area (Å²) < 4.78 is 6.73. The topological polar surface area (TPSA) is 90.8 Å². The van der Waals surface area contributed by atoms with Gasteiger partial charge in [-0.2, -0.15) is 0 Å². The monoisotopic (exact) mass is 571 g/mol. The zero-order valence-corrected chi connectivity index (χ0v) is 24.3. The van der Waals surface area contributed by atoms with E-state index in [1.807, 2.05) is 60.7 Å². The molecule has 9 heteroatoms. The molecule has 1 amide bonds. The summed E-state index contributed by atoms with van der Waals surface area (Å²) in [4.78, 5) is 28.2. The highest BCUT2D eigenvalue weighted by atomic mass is 32.1. The van der Waals surface area contributed by atoms with Gasteiger partial charge in [-0.05, 0) is 74.5 Å². The first-order valence-corrected chi connectivity index (χ1v) is 15.3. The second kappa shape index (κ2) is 12.5. The van der Waals surface area contributed by atoms with Crippen molar-refractivity contribution in [2.24, 2.45) is 5.92 Å². The standard InChI is InChI=1S/C32H37N5O3S/c1-40-28-10-4-2-8-24(28)26-13-12-25(32(39)33-19-30-34-27-9-3-5-11-29(27)41-30)31(35-26)36-17-14-23(15-18-36)37-16-6-7-22(20-37)21-38/h2-5,8-13,22-23,38H,6-7,14-21H2,1H3,(H,33,39). The van der Waals surface area contributed by atoms with Gasteiger partial charge < -0.3 is 20.1 Å². The lowest BCUT2D eigenvalue weighted by atomic mass is 9.94. The Kier molecular flexibility index (Phi) is 8.46. The van der Waals surface area contributed by atoms with Crippen LogP contribution in [0, 0.1) is 5.92 Å². The lowest BCUT2D eigenvalue weighted by Crippen LogP contribution is -2.49. The molecule has 4 heterocycles. The fourth-order valence-electron chi connectivity index (χ4n) is 6.14. The van der Waals surface area contributed by atoms with E-state index in [0.717, 1.165) is 84.1 Å². The molecule has 2 aromatic heterocycles. The number of carbonyl (C=O) groups is 1. The third kappa shape index (κ3) is 6.07. The van der Waals surface area contributed by atoms with Gasteiger partial charge in [0, 0.05) is 37.8 Å². The van der Waals surface area contributed by atoms with Crippen LogP contribution in [-0.2, 0) is 6.54 Å². The van der Waals surface area contributed by atoms with Crippen molar-refractivity contribution in [1.29, 1.82) is 0 Å². The fraction of sp³-hybridized carbons (Fsp3) is 0.406. The van der Waals surface area contributed by atoms with Crippen LogP contribution >= 0.6 is 11.3 Å². The van der Waals surface area contributed by atoms with Crippen molar-refractivity contribution in [2.45, 2.75) is 38.3 Å². The van der Waals surface area contributed by atoms with Crippen molar-refractivity contribution in [3.8, 4) is 17.0 Å². The summed E-state index contributed by atoms with van der Waals surface area (Å²) in [6.45, 7) is 4.36. The fourth-order valence-corrected chi connectivity index (χ4v) is 7.05. The Bertz CT molecular complexity index is 1470. The van der Waals surface area contributed by atoms with Crippen LogP contribution in [0.5, 0.6) is 5.75 Å². The summed E-state index contributed by atoms with van der Waals surface area (Å²) in [5.41, 5.74) is 3.20. The number of carbonyl (C=O) groups excluding carboxylic acids is 1. The highest BCUT2D eigenvalue weighted by Crippen LogP contribution is 2.33. The van der Waals surface area contributed by atoms with E-state index in [1.165, 1.54) is 0 Å². The van der Waals surface area contributed by atoms with Gasteiger partial charge in [0.05, 0.1) is 35.1 Å². The number of pyridine rings is 1. The molecule has 1 unspecified atom stereocenters. The first-order chi connectivity index (χ1) is 20.1. The van der Waals surface area contributed by atoms with E-state index in [2.05, 4.69) is 20.1 Å². The largest absolute Gasteiger partial charge is 0.496 e. The lowest BCUT2D eigenvalue weighted by Gasteiger charge is -2.42. The molecule has 0 bridgehead atoms. The minimum atomic E-state index is -0.151. The van der Waals surface area contributed by atoms with E-state index in [9.17, 15) is 9.90 Å². The van der Waals surface area contributed by atoms with Crippen LogP contribution in [0.15, 0.2) is 60.7 Å². The molecule has 2 fully saturated rings. The van der Waals surface area contributed by atoms with Crippen LogP contribution in [0.25, 0.3) is 21.5 Å². The Hall–Kier alpha value is -3.53. The number of piperidine rings is 2. The van der Waals surface area contributed by atoms with E-state index in [-0.39, 0.29) is 12.5 Å². The highest BCUT2D eigenvalue weighted by molar-refractivity contribution is 7.18. The molecule has 2 aromatic carbocycles. The Morgan fingerprint density at radius 3 is 2.63 bits per heavy atom. The quantitative estimate of drug-likeness (QED) is 0.309. The molecule has 41 heavy (non-hydrogen) atoms. The van der Waals surface area contributed by atoms with E-state index in [4.69, 9.17) is 9.72 Å². The van der Waals surface area contributed by atoms with Crippen molar-refractivity contribution in [2.75, 3.05) is 44.8 Å². The number of benzene rings is 2. The molecule has 0 spiro atoms. The molecule has 4 aromatic rings. The molecular formula is C32H37N5O3S. The number of rotatable bonds is 8. The molecule has 2 N–H and O–H groups in total. The number of aliphatic hydroxyl groups is 1. The number of amides is 1. The van der Waals surface area contributed by atoms with Gasteiger partial charge in [-0.15, -0.1) is 11.3 Å².